The first-order valence-corrected chi connectivity index (χ1v) is 7.21. The smallest absolute Gasteiger partial charge is 0.118 e. The van der Waals surface area contributed by atoms with Crippen LogP contribution < -0.4 is 5.32 Å². The number of hydrogen-bond donors (Lipinski definition) is 1. The minimum atomic E-state index is -0.822. The van der Waals surface area contributed by atoms with Gasteiger partial charge in [-0.3, -0.25) is 4.21 Å². The molecule has 0 spiro atoms. The van der Waals surface area contributed by atoms with E-state index in [0.717, 1.165) is 31.0 Å². The second-order valence-electron chi connectivity index (χ2n) is 3.89. The normalized spacial score (nSPS) is 14.9. The van der Waals surface area contributed by atoms with Crippen molar-refractivity contribution in [1.29, 1.82) is 0 Å². The third-order valence-corrected chi connectivity index (χ3v) is 4.37. The molecule has 1 rings (SSSR count). The van der Waals surface area contributed by atoms with E-state index in [1.165, 1.54) is 0 Å². The van der Waals surface area contributed by atoms with Gasteiger partial charge in [-0.05, 0) is 25.1 Å². The highest BCUT2D eigenvalue weighted by Crippen LogP contribution is 2.13. The molecule has 0 aromatic carbocycles. The highest BCUT2D eigenvalue weighted by molar-refractivity contribution is 7.84. The summed E-state index contributed by atoms with van der Waals surface area (Å²) < 4.78 is 17.4. The van der Waals surface area contributed by atoms with Gasteiger partial charge in [-0.25, -0.2) is 0 Å². The van der Waals surface area contributed by atoms with Crippen LogP contribution in [0, 0.1) is 0 Å². The van der Waals surface area contributed by atoms with Crippen LogP contribution in [-0.2, 0) is 23.1 Å². The van der Waals surface area contributed by atoms with Crippen molar-refractivity contribution in [2.45, 2.75) is 44.7 Å². The number of hydrogen-bond acceptors (Lipinski definition) is 3. The molecular weight excluding hydrogens is 222 g/mol. The van der Waals surface area contributed by atoms with Crippen molar-refractivity contribution in [2.24, 2.45) is 0 Å². The molecule has 2 atom stereocenters. The second-order valence-corrected chi connectivity index (χ2v) is 5.75. The zero-order valence-electron chi connectivity index (χ0n) is 10.3. The summed E-state index contributed by atoms with van der Waals surface area (Å²) in [5.74, 6) is 2.27. The predicted octanol–water partition coefficient (Wildman–Crippen LogP) is 2.44. The van der Waals surface area contributed by atoms with Crippen molar-refractivity contribution in [3.05, 3.63) is 23.7 Å². The lowest BCUT2D eigenvalue weighted by Crippen LogP contribution is -2.11. The Balaban J connectivity index is 2.48. The summed E-state index contributed by atoms with van der Waals surface area (Å²) in [7, 11) is -0.822. The first-order chi connectivity index (χ1) is 7.67. The van der Waals surface area contributed by atoms with Crippen LogP contribution in [0.25, 0.3) is 0 Å². The van der Waals surface area contributed by atoms with Crippen LogP contribution in [-0.4, -0.2) is 16.0 Å². The molecule has 0 radical (unpaired) electrons. The fourth-order valence-corrected chi connectivity index (χ4v) is 2.40. The van der Waals surface area contributed by atoms with Crippen molar-refractivity contribution in [3.8, 4) is 0 Å². The van der Waals surface area contributed by atoms with Crippen molar-refractivity contribution in [2.75, 3.05) is 6.54 Å². The lowest BCUT2D eigenvalue weighted by molar-refractivity contribution is 0.461. The Hall–Kier alpha value is -0.610. The lowest BCUT2D eigenvalue weighted by Gasteiger charge is -2.06. The molecule has 0 fully saturated rings. The van der Waals surface area contributed by atoms with Gasteiger partial charge in [0.1, 0.15) is 11.5 Å². The number of nitrogens with one attached hydrogen (secondary N) is 1. The summed E-state index contributed by atoms with van der Waals surface area (Å²) in [6.07, 6.45) is 0.942. The van der Waals surface area contributed by atoms with E-state index >= 15 is 0 Å². The standard InChI is InChI=1S/C12H21NO2S/c1-4-10(3)16(14)9-12-7-6-11(15-12)8-13-5-2/h6-7,10,13H,4-5,8-9H2,1-3H3. The van der Waals surface area contributed by atoms with Gasteiger partial charge >= 0.3 is 0 Å². The molecule has 0 amide bonds. The maximum absolute atomic E-state index is 11.8. The zero-order chi connectivity index (χ0) is 12.0. The van der Waals surface area contributed by atoms with Gasteiger partial charge in [0.2, 0.25) is 0 Å². The van der Waals surface area contributed by atoms with Gasteiger partial charge in [0.15, 0.2) is 0 Å². The van der Waals surface area contributed by atoms with Gasteiger partial charge in [0.05, 0.1) is 12.3 Å². The number of furan rings is 1. The summed E-state index contributed by atoms with van der Waals surface area (Å²) >= 11 is 0. The Labute approximate surface area is 100 Å². The lowest BCUT2D eigenvalue weighted by atomic mass is 10.4. The van der Waals surface area contributed by atoms with Crippen LogP contribution in [0.5, 0.6) is 0 Å². The molecule has 0 saturated carbocycles. The highest BCUT2D eigenvalue weighted by Gasteiger charge is 2.11. The van der Waals surface area contributed by atoms with E-state index in [4.69, 9.17) is 4.42 Å². The quantitative estimate of drug-likeness (QED) is 0.800. The second kappa shape index (κ2) is 6.86. The maximum Gasteiger partial charge on any atom is 0.118 e. The maximum atomic E-state index is 11.8. The average Bonchev–Trinajstić information content (AvgIpc) is 2.72. The van der Waals surface area contributed by atoms with Crippen LogP contribution in [0.2, 0.25) is 0 Å². The molecule has 0 aliphatic rings. The fraction of sp³-hybridized carbons (Fsp3) is 0.667. The van der Waals surface area contributed by atoms with E-state index in [9.17, 15) is 4.21 Å². The fourth-order valence-electron chi connectivity index (χ4n) is 1.31. The topological polar surface area (TPSA) is 42.2 Å². The zero-order valence-corrected chi connectivity index (χ0v) is 11.1. The van der Waals surface area contributed by atoms with Gasteiger partial charge in [-0.2, -0.15) is 0 Å². The Morgan fingerprint density at radius 3 is 2.69 bits per heavy atom. The third-order valence-electron chi connectivity index (χ3n) is 2.57. The summed E-state index contributed by atoms with van der Waals surface area (Å²) in [4.78, 5) is 0. The van der Waals surface area contributed by atoms with Gasteiger partial charge in [0.25, 0.3) is 0 Å². The molecule has 0 aliphatic heterocycles. The molecule has 16 heavy (non-hydrogen) atoms. The first kappa shape index (κ1) is 13.5. The summed E-state index contributed by atoms with van der Waals surface area (Å²) in [5.41, 5.74) is 0. The minimum Gasteiger partial charge on any atom is -0.464 e. The average molecular weight is 243 g/mol. The van der Waals surface area contributed by atoms with Crippen LogP contribution >= 0.6 is 0 Å². The van der Waals surface area contributed by atoms with Gasteiger partial charge in [-0.1, -0.05) is 20.8 Å². The highest BCUT2D eigenvalue weighted by atomic mass is 32.2. The SMILES string of the molecule is CCNCc1ccc(CS(=O)C(C)CC)o1. The van der Waals surface area contributed by atoms with Crippen LogP contribution in [0.3, 0.4) is 0 Å². The van der Waals surface area contributed by atoms with Crippen molar-refractivity contribution in [1.82, 2.24) is 5.32 Å². The van der Waals surface area contributed by atoms with Crippen molar-refractivity contribution in [3.63, 3.8) is 0 Å². The van der Waals surface area contributed by atoms with Crippen LogP contribution in [0.4, 0.5) is 0 Å². The molecular formula is C12H21NO2S. The molecule has 1 N–H and O–H groups in total. The van der Waals surface area contributed by atoms with Crippen LogP contribution in [0.1, 0.15) is 38.7 Å². The molecule has 0 aliphatic carbocycles. The largest absolute Gasteiger partial charge is 0.464 e. The molecule has 2 unspecified atom stereocenters. The Kier molecular flexibility index (Phi) is 5.77. The van der Waals surface area contributed by atoms with Crippen molar-refractivity contribution < 1.29 is 8.63 Å². The monoisotopic (exact) mass is 243 g/mol. The molecule has 92 valence electrons. The molecule has 1 aromatic rings. The Morgan fingerprint density at radius 1 is 1.38 bits per heavy atom. The first-order valence-electron chi connectivity index (χ1n) is 5.82. The molecule has 3 nitrogen and oxygen atoms in total. The Bertz CT molecular complexity index is 336. The van der Waals surface area contributed by atoms with E-state index in [1.54, 1.807) is 0 Å². The molecule has 4 heteroatoms. The summed E-state index contributed by atoms with van der Waals surface area (Å²) in [6, 6.07) is 3.87. The molecule has 0 saturated heterocycles. The molecule has 1 heterocycles. The Morgan fingerprint density at radius 2 is 2.06 bits per heavy atom. The van der Waals surface area contributed by atoms with Crippen LogP contribution in [0.15, 0.2) is 16.5 Å². The minimum absolute atomic E-state index is 0.238. The summed E-state index contributed by atoms with van der Waals surface area (Å²) in [5, 5.41) is 3.43. The van der Waals surface area contributed by atoms with Crippen molar-refractivity contribution >= 4 is 10.8 Å². The van der Waals surface area contributed by atoms with Gasteiger partial charge in [0, 0.05) is 16.0 Å². The molecule has 0 bridgehead atoms. The van der Waals surface area contributed by atoms with E-state index in [-0.39, 0.29) is 5.25 Å². The number of rotatable bonds is 7. The van der Waals surface area contributed by atoms with Gasteiger partial charge < -0.3 is 9.73 Å². The predicted molar refractivity (Wildman–Crippen MR) is 67.7 cm³/mol. The molecule has 1 aromatic heterocycles. The van der Waals surface area contributed by atoms with Gasteiger partial charge in [-0.15, -0.1) is 0 Å². The third kappa shape index (κ3) is 4.10. The van der Waals surface area contributed by atoms with E-state index < -0.39 is 10.8 Å². The van der Waals surface area contributed by atoms with E-state index in [1.807, 2.05) is 19.1 Å². The van der Waals surface area contributed by atoms with E-state index in [0.29, 0.717) is 5.75 Å². The van der Waals surface area contributed by atoms with E-state index in [2.05, 4.69) is 19.2 Å². The summed E-state index contributed by atoms with van der Waals surface area (Å²) in [6.45, 7) is 7.79.